The molecule has 0 aliphatic rings. The Morgan fingerprint density at radius 1 is 0.975 bits per heavy atom. The van der Waals surface area contributed by atoms with Crippen LogP contribution in [0.5, 0.6) is 5.75 Å². The van der Waals surface area contributed by atoms with E-state index in [4.69, 9.17) is 14.3 Å². The van der Waals surface area contributed by atoms with E-state index in [0.717, 1.165) is 5.56 Å². The number of oxazole rings is 1. The molecule has 7 nitrogen and oxygen atoms in total. The molecule has 1 amide bonds. The van der Waals surface area contributed by atoms with Crippen molar-refractivity contribution >= 4 is 11.9 Å². The van der Waals surface area contributed by atoms with Crippen LogP contribution in [0, 0.1) is 6.92 Å². The maximum absolute atomic E-state index is 14.0. The fourth-order valence-electron chi connectivity index (χ4n) is 4.12. The van der Waals surface area contributed by atoms with E-state index in [1.54, 1.807) is 25.1 Å². The SMILES string of the molecule is Cc1oc(-c2ccccc2)nc1CCOc1ccc(CCC(=O)O)c(C(=O)N(Cc2ccccc2)C(F)(F)F)c1. The highest BCUT2D eigenvalue weighted by Gasteiger charge is 2.42. The molecule has 1 aromatic heterocycles. The molecule has 0 fully saturated rings. The third kappa shape index (κ3) is 7.28. The number of aliphatic carboxylic acids is 1. The summed E-state index contributed by atoms with van der Waals surface area (Å²) in [7, 11) is 0. The average molecular weight is 553 g/mol. The summed E-state index contributed by atoms with van der Waals surface area (Å²) in [6, 6.07) is 21.4. The lowest BCUT2D eigenvalue weighted by Gasteiger charge is -2.26. The van der Waals surface area contributed by atoms with Crippen molar-refractivity contribution in [3.63, 3.8) is 0 Å². The molecule has 4 rings (SSSR count). The van der Waals surface area contributed by atoms with E-state index in [1.165, 1.54) is 30.3 Å². The summed E-state index contributed by atoms with van der Waals surface area (Å²) >= 11 is 0. The minimum absolute atomic E-state index is 0.117. The zero-order chi connectivity index (χ0) is 28.7. The molecule has 0 atom stereocenters. The lowest BCUT2D eigenvalue weighted by molar-refractivity contribution is -0.228. The Morgan fingerprint density at radius 3 is 2.30 bits per heavy atom. The first-order chi connectivity index (χ1) is 19.1. The molecular formula is C30H27F3N2O5. The van der Waals surface area contributed by atoms with E-state index in [0.29, 0.717) is 29.3 Å². The van der Waals surface area contributed by atoms with Gasteiger partial charge in [0.05, 0.1) is 18.8 Å². The minimum Gasteiger partial charge on any atom is -0.493 e. The number of alkyl halides is 3. The molecule has 0 aliphatic heterocycles. The van der Waals surface area contributed by atoms with E-state index in [2.05, 4.69) is 4.98 Å². The molecule has 0 spiro atoms. The Bertz CT molecular complexity index is 1450. The van der Waals surface area contributed by atoms with Gasteiger partial charge in [0.1, 0.15) is 11.5 Å². The quantitative estimate of drug-likeness (QED) is 0.215. The molecular weight excluding hydrogens is 525 g/mol. The first-order valence-corrected chi connectivity index (χ1v) is 12.5. The molecule has 10 heteroatoms. The summed E-state index contributed by atoms with van der Waals surface area (Å²) in [5.74, 6) is -1.16. The summed E-state index contributed by atoms with van der Waals surface area (Å²) in [6.45, 7) is 1.21. The van der Waals surface area contributed by atoms with Crippen molar-refractivity contribution in [1.29, 1.82) is 0 Å². The Hall–Kier alpha value is -4.60. The fraction of sp³-hybridized carbons (Fsp3) is 0.233. The van der Waals surface area contributed by atoms with Gasteiger partial charge in [0, 0.05) is 24.0 Å². The molecule has 4 aromatic rings. The monoisotopic (exact) mass is 552 g/mol. The van der Waals surface area contributed by atoms with Gasteiger partial charge in [0.2, 0.25) is 5.89 Å². The highest BCUT2D eigenvalue weighted by atomic mass is 19.4. The molecule has 1 N–H and O–H groups in total. The topological polar surface area (TPSA) is 92.9 Å². The molecule has 1 heterocycles. The number of carbonyl (C=O) groups is 2. The maximum Gasteiger partial charge on any atom is 0.487 e. The summed E-state index contributed by atoms with van der Waals surface area (Å²) in [5, 5.41) is 9.10. The van der Waals surface area contributed by atoms with Crippen LogP contribution < -0.4 is 4.74 Å². The number of benzene rings is 3. The van der Waals surface area contributed by atoms with E-state index in [1.807, 2.05) is 30.3 Å². The Morgan fingerprint density at radius 2 is 1.65 bits per heavy atom. The van der Waals surface area contributed by atoms with Crippen LogP contribution in [-0.2, 0) is 24.2 Å². The van der Waals surface area contributed by atoms with Crippen molar-refractivity contribution in [2.45, 2.75) is 39.0 Å². The molecule has 0 radical (unpaired) electrons. The molecule has 0 aliphatic carbocycles. The van der Waals surface area contributed by atoms with Crippen LogP contribution >= 0.6 is 0 Å². The van der Waals surface area contributed by atoms with Crippen molar-refractivity contribution < 1.29 is 37.0 Å². The van der Waals surface area contributed by atoms with Gasteiger partial charge in [-0.05, 0) is 48.7 Å². The molecule has 40 heavy (non-hydrogen) atoms. The zero-order valence-electron chi connectivity index (χ0n) is 21.6. The van der Waals surface area contributed by atoms with Crippen molar-refractivity contribution in [3.8, 4) is 17.2 Å². The normalized spacial score (nSPS) is 11.3. The number of nitrogens with zero attached hydrogens (tertiary/aromatic N) is 2. The van der Waals surface area contributed by atoms with E-state index in [-0.39, 0.29) is 41.2 Å². The summed E-state index contributed by atoms with van der Waals surface area (Å²) in [5.41, 5.74) is 1.70. The second kappa shape index (κ2) is 12.5. The van der Waals surface area contributed by atoms with Gasteiger partial charge in [-0.15, -0.1) is 13.2 Å². The minimum atomic E-state index is -4.96. The third-order valence-corrected chi connectivity index (χ3v) is 6.18. The molecule has 3 aromatic carbocycles. The van der Waals surface area contributed by atoms with Gasteiger partial charge >= 0.3 is 12.3 Å². The van der Waals surface area contributed by atoms with Gasteiger partial charge in [-0.25, -0.2) is 9.88 Å². The van der Waals surface area contributed by atoms with Crippen LogP contribution in [-0.4, -0.2) is 39.8 Å². The highest BCUT2D eigenvalue weighted by molar-refractivity contribution is 5.96. The zero-order valence-corrected chi connectivity index (χ0v) is 21.6. The number of amides is 1. The first kappa shape index (κ1) is 28.4. The number of carboxylic acids is 1. The van der Waals surface area contributed by atoms with E-state index in [9.17, 15) is 22.8 Å². The number of hydrogen-bond acceptors (Lipinski definition) is 5. The van der Waals surface area contributed by atoms with E-state index >= 15 is 0 Å². The summed E-state index contributed by atoms with van der Waals surface area (Å²) in [6.07, 6.45) is -5.07. The van der Waals surface area contributed by atoms with Crippen molar-refractivity contribution in [2.24, 2.45) is 0 Å². The average Bonchev–Trinajstić information content (AvgIpc) is 3.31. The highest BCUT2D eigenvalue weighted by Crippen LogP contribution is 2.29. The number of ether oxygens (including phenoxy) is 1. The van der Waals surface area contributed by atoms with Gasteiger partial charge in [-0.2, -0.15) is 0 Å². The Balaban J connectivity index is 1.54. The number of carboxylic acid groups (broad SMARTS) is 1. The first-order valence-electron chi connectivity index (χ1n) is 12.5. The van der Waals surface area contributed by atoms with Gasteiger partial charge in [-0.3, -0.25) is 9.59 Å². The van der Waals surface area contributed by atoms with Gasteiger partial charge in [0.25, 0.3) is 5.91 Å². The number of aromatic nitrogens is 1. The Labute approximate surface area is 228 Å². The molecule has 0 unspecified atom stereocenters. The maximum atomic E-state index is 14.0. The Kier molecular flexibility index (Phi) is 8.88. The second-order valence-corrected chi connectivity index (χ2v) is 9.04. The van der Waals surface area contributed by atoms with Crippen LogP contribution in [0.25, 0.3) is 11.5 Å². The molecule has 0 saturated carbocycles. The van der Waals surface area contributed by atoms with Gasteiger partial charge in [0.15, 0.2) is 0 Å². The number of rotatable bonds is 11. The van der Waals surface area contributed by atoms with Crippen molar-refractivity contribution in [1.82, 2.24) is 9.88 Å². The van der Waals surface area contributed by atoms with Crippen molar-refractivity contribution in [3.05, 3.63) is 107 Å². The third-order valence-electron chi connectivity index (χ3n) is 6.18. The lowest BCUT2D eigenvalue weighted by Crippen LogP contribution is -2.42. The lowest BCUT2D eigenvalue weighted by atomic mass is 10.0. The predicted molar refractivity (Wildman–Crippen MR) is 141 cm³/mol. The van der Waals surface area contributed by atoms with Crippen LogP contribution in [0.3, 0.4) is 0 Å². The number of halogens is 3. The standard InChI is InChI=1S/C30H27F3N2O5/c1-20-26(34-28(40-20)23-10-6-3-7-11-23)16-17-39-24-14-12-22(13-15-27(36)37)25(18-24)29(38)35(30(31,32)33)19-21-8-4-2-5-9-21/h2-12,14,18H,13,15-17,19H2,1H3,(H,36,37). The smallest absolute Gasteiger partial charge is 0.487 e. The molecule has 0 saturated heterocycles. The number of hydrogen-bond donors (Lipinski definition) is 1. The van der Waals surface area contributed by atoms with Crippen molar-refractivity contribution in [2.75, 3.05) is 6.61 Å². The number of aryl methyl sites for hydroxylation is 2. The summed E-state index contributed by atoms with van der Waals surface area (Å²) < 4.78 is 53.6. The van der Waals surface area contributed by atoms with Gasteiger partial charge in [-0.1, -0.05) is 54.6 Å². The van der Waals surface area contributed by atoms with Crippen LogP contribution in [0.2, 0.25) is 0 Å². The van der Waals surface area contributed by atoms with Gasteiger partial charge < -0.3 is 14.3 Å². The molecule has 0 bridgehead atoms. The van der Waals surface area contributed by atoms with E-state index < -0.39 is 24.7 Å². The fourth-order valence-corrected chi connectivity index (χ4v) is 4.12. The van der Waals surface area contributed by atoms with Crippen LogP contribution in [0.15, 0.2) is 83.3 Å². The number of carbonyl (C=O) groups excluding carboxylic acids is 1. The molecule has 208 valence electrons. The largest absolute Gasteiger partial charge is 0.493 e. The summed E-state index contributed by atoms with van der Waals surface area (Å²) in [4.78, 5) is 28.7. The predicted octanol–water partition coefficient (Wildman–Crippen LogP) is 6.45. The second-order valence-electron chi connectivity index (χ2n) is 9.04. The van der Waals surface area contributed by atoms with Crippen LogP contribution in [0.1, 0.15) is 39.4 Å². The van der Waals surface area contributed by atoms with Crippen LogP contribution in [0.4, 0.5) is 13.2 Å².